The molecular formula is C27H27F3O3. The van der Waals surface area contributed by atoms with Crippen LogP contribution in [0.25, 0.3) is 0 Å². The normalized spacial score (nSPS) is 12.2. The summed E-state index contributed by atoms with van der Waals surface area (Å²) >= 11 is 0. The van der Waals surface area contributed by atoms with Crippen LogP contribution in [-0.4, -0.2) is 13.1 Å². The number of aryl methyl sites for hydroxylation is 2. The van der Waals surface area contributed by atoms with Gasteiger partial charge in [0.05, 0.1) is 18.6 Å². The Balaban J connectivity index is 1.51. The SMILES string of the molecule is COC(=O)C(CCCc1ccccc1)CCc1ccc(Oc2ccc(C(F)(F)F)cc2)cc1. The number of halogens is 3. The fourth-order valence-electron chi connectivity index (χ4n) is 3.66. The first-order valence-corrected chi connectivity index (χ1v) is 10.9. The van der Waals surface area contributed by atoms with Crippen molar-refractivity contribution in [2.75, 3.05) is 7.11 Å². The molecule has 0 spiro atoms. The van der Waals surface area contributed by atoms with Gasteiger partial charge in [-0.15, -0.1) is 0 Å². The Morgan fingerprint density at radius 3 is 1.94 bits per heavy atom. The van der Waals surface area contributed by atoms with Gasteiger partial charge >= 0.3 is 12.1 Å². The molecule has 0 aromatic heterocycles. The van der Waals surface area contributed by atoms with Crippen molar-refractivity contribution in [1.29, 1.82) is 0 Å². The molecule has 3 aromatic rings. The summed E-state index contributed by atoms with van der Waals surface area (Å²) < 4.78 is 48.6. The number of ether oxygens (including phenoxy) is 2. The first kappa shape index (κ1) is 24.4. The predicted molar refractivity (Wildman–Crippen MR) is 121 cm³/mol. The van der Waals surface area contributed by atoms with Crippen LogP contribution < -0.4 is 4.74 Å². The average Bonchev–Trinajstić information content (AvgIpc) is 2.82. The van der Waals surface area contributed by atoms with Crippen LogP contribution in [0.15, 0.2) is 78.9 Å². The maximum Gasteiger partial charge on any atom is 0.416 e. The van der Waals surface area contributed by atoms with E-state index >= 15 is 0 Å². The molecule has 0 aliphatic carbocycles. The van der Waals surface area contributed by atoms with E-state index in [1.165, 1.54) is 24.8 Å². The number of esters is 1. The Kier molecular flexibility index (Phi) is 8.52. The minimum atomic E-state index is -4.37. The lowest BCUT2D eigenvalue weighted by atomic mass is 9.93. The van der Waals surface area contributed by atoms with Gasteiger partial charge in [-0.2, -0.15) is 13.2 Å². The van der Waals surface area contributed by atoms with E-state index in [1.807, 2.05) is 30.3 Å². The summed E-state index contributed by atoms with van der Waals surface area (Å²) in [5.41, 5.74) is 1.59. The van der Waals surface area contributed by atoms with E-state index in [2.05, 4.69) is 12.1 Å². The number of benzene rings is 3. The van der Waals surface area contributed by atoms with Gasteiger partial charge in [-0.1, -0.05) is 42.5 Å². The number of rotatable bonds is 10. The molecule has 0 saturated heterocycles. The van der Waals surface area contributed by atoms with Crippen molar-refractivity contribution in [3.05, 3.63) is 95.6 Å². The fraction of sp³-hybridized carbons (Fsp3) is 0.296. The zero-order valence-corrected chi connectivity index (χ0v) is 18.5. The van der Waals surface area contributed by atoms with Crippen LogP contribution in [-0.2, 0) is 28.5 Å². The van der Waals surface area contributed by atoms with Crippen molar-refractivity contribution < 1.29 is 27.4 Å². The molecule has 6 heteroatoms. The molecule has 33 heavy (non-hydrogen) atoms. The summed E-state index contributed by atoms with van der Waals surface area (Å²) in [5, 5.41) is 0. The molecule has 3 nitrogen and oxygen atoms in total. The number of methoxy groups -OCH3 is 1. The average molecular weight is 457 g/mol. The Morgan fingerprint density at radius 1 is 0.788 bits per heavy atom. The van der Waals surface area contributed by atoms with E-state index in [1.54, 1.807) is 12.1 Å². The second-order valence-electron chi connectivity index (χ2n) is 7.90. The van der Waals surface area contributed by atoms with E-state index < -0.39 is 11.7 Å². The topological polar surface area (TPSA) is 35.5 Å². The molecule has 0 radical (unpaired) electrons. The highest BCUT2D eigenvalue weighted by Crippen LogP contribution is 2.31. The summed E-state index contributed by atoms with van der Waals surface area (Å²) in [6.45, 7) is 0. The van der Waals surface area contributed by atoms with Crippen molar-refractivity contribution in [2.24, 2.45) is 5.92 Å². The molecule has 174 valence electrons. The monoisotopic (exact) mass is 456 g/mol. The number of hydrogen-bond acceptors (Lipinski definition) is 3. The van der Waals surface area contributed by atoms with Crippen molar-refractivity contribution >= 4 is 5.97 Å². The minimum Gasteiger partial charge on any atom is -0.469 e. The third kappa shape index (κ3) is 7.67. The first-order valence-electron chi connectivity index (χ1n) is 10.9. The van der Waals surface area contributed by atoms with Crippen molar-refractivity contribution in [3.63, 3.8) is 0 Å². The van der Waals surface area contributed by atoms with Gasteiger partial charge in [-0.3, -0.25) is 4.79 Å². The molecule has 3 aromatic carbocycles. The second kappa shape index (κ2) is 11.5. The van der Waals surface area contributed by atoms with Crippen LogP contribution in [0.1, 0.15) is 36.0 Å². The molecule has 0 saturated carbocycles. The number of hydrogen-bond donors (Lipinski definition) is 0. The lowest BCUT2D eigenvalue weighted by molar-refractivity contribution is -0.146. The summed E-state index contributed by atoms with van der Waals surface area (Å²) in [6, 6.07) is 22.1. The van der Waals surface area contributed by atoms with Gasteiger partial charge in [-0.25, -0.2) is 0 Å². The third-order valence-corrected chi connectivity index (χ3v) is 5.52. The zero-order chi connectivity index (χ0) is 23.7. The smallest absolute Gasteiger partial charge is 0.416 e. The van der Waals surface area contributed by atoms with Crippen molar-refractivity contribution in [2.45, 2.75) is 38.3 Å². The Labute approximate surface area is 192 Å². The van der Waals surface area contributed by atoms with Gasteiger partial charge < -0.3 is 9.47 Å². The molecule has 0 amide bonds. The summed E-state index contributed by atoms with van der Waals surface area (Å²) in [4.78, 5) is 12.2. The fourth-order valence-corrected chi connectivity index (χ4v) is 3.66. The zero-order valence-electron chi connectivity index (χ0n) is 18.5. The molecule has 0 aliphatic heterocycles. The summed E-state index contributed by atoms with van der Waals surface area (Å²) in [6.07, 6.45) is -0.388. The highest BCUT2D eigenvalue weighted by molar-refractivity contribution is 5.72. The van der Waals surface area contributed by atoms with Gasteiger partial charge in [0, 0.05) is 0 Å². The number of carbonyl (C=O) groups excluding carboxylic acids is 1. The summed E-state index contributed by atoms with van der Waals surface area (Å²) in [5.74, 6) is 0.512. The molecule has 0 fully saturated rings. The van der Waals surface area contributed by atoms with Crippen LogP contribution in [0.3, 0.4) is 0 Å². The van der Waals surface area contributed by atoms with Crippen LogP contribution in [0.2, 0.25) is 0 Å². The molecule has 0 N–H and O–H groups in total. The van der Waals surface area contributed by atoms with Crippen LogP contribution in [0.5, 0.6) is 11.5 Å². The quantitative estimate of drug-likeness (QED) is 0.302. The van der Waals surface area contributed by atoms with E-state index in [-0.39, 0.29) is 11.9 Å². The lowest BCUT2D eigenvalue weighted by Crippen LogP contribution is -2.17. The van der Waals surface area contributed by atoms with Crippen molar-refractivity contribution in [3.8, 4) is 11.5 Å². The molecule has 1 atom stereocenters. The molecule has 0 aliphatic rings. The Morgan fingerprint density at radius 2 is 1.36 bits per heavy atom. The van der Waals surface area contributed by atoms with E-state index in [0.717, 1.165) is 37.0 Å². The van der Waals surface area contributed by atoms with E-state index in [0.29, 0.717) is 24.3 Å². The largest absolute Gasteiger partial charge is 0.469 e. The maximum atomic E-state index is 12.7. The van der Waals surface area contributed by atoms with Gasteiger partial charge in [0.15, 0.2) is 0 Å². The van der Waals surface area contributed by atoms with Gasteiger partial charge in [0.25, 0.3) is 0 Å². The number of carbonyl (C=O) groups is 1. The second-order valence-corrected chi connectivity index (χ2v) is 7.90. The molecule has 0 heterocycles. The maximum absolute atomic E-state index is 12.7. The van der Waals surface area contributed by atoms with Gasteiger partial charge in [0.2, 0.25) is 0 Å². The number of alkyl halides is 3. The van der Waals surface area contributed by atoms with Gasteiger partial charge in [0.1, 0.15) is 11.5 Å². The first-order chi connectivity index (χ1) is 15.8. The highest BCUT2D eigenvalue weighted by atomic mass is 19.4. The van der Waals surface area contributed by atoms with E-state index in [4.69, 9.17) is 9.47 Å². The van der Waals surface area contributed by atoms with Crippen LogP contribution >= 0.6 is 0 Å². The predicted octanol–water partition coefficient (Wildman–Crippen LogP) is 7.24. The lowest BCUT2D eigenvalue weighted by Gasteiger charge is -2.15. The third-order valence-electron chi connectivity index (χ3n) is 5.52. The molecule has 0 bridgehead atoms. The molecular weight excluding hydrogens is 429 g/mol. The Hall–Kier alpha value is -3.28. The van der Waals surface area contributed by atoms with Gasteiger partial charge in [-0.05, 0) is 79.6 Å². The van der Waals surface area contributed by atoms with Crippen LogP contribution in [0, 0.1) is 5.92 Å². The van der Waals surface area contributed by atoms with Crippen LogP contribution in [0.4, 0.5) is 13.2 Å². The standard InChI is InChI=1S/C27H27F3O3/c1-32-26(31)22(9-5-8-20-6-3-2-4-7-20)13-10-21-11-16-24(17-12-21)33-25-18-14-23(15-19-25)27(28,29)30/h2-4,6-7,11-12,14-19,22H,5,8-10,13H2,1H3. The highest BCUT2D eigenvalue weighted by Gasteiger charge is 2.30. The summed E-state index contributed by atoms with van der Waals surface area (Å²) in [7, 11) is 1.42. The van der Waals surface area contributed by atoms with E-state index in [9.17, 15) is 18.0 Å². The minimum absolute atomic E-state index is 0.165. The molecule has 1 unspecified atom stereocenters. The Bertz CT molecular complexity index is 998. The molecule has 3 rings (SSSR count). The van der Waals surface area contributed by atoms with Crippen molar-refractivity contribution in [1.82, 2.24) is 0 Å².